The van der Waals surface area contributed by atoms with Crippen molar-refractivity contribution in [3.8, 4) is 0 Å². The fraction of sp³-hybridized carbons (Fsp3) is 0.316. The normalized spacial score (nSPS) is 11.2. The molecule has 0 fully saturated rings. The van der Waals surface area contributed by atoms with Gasteiger partial charge in [-0.25, -0.2) is 4.79 Å². The lowest BCUT2D eigenvalue weighted by molar-refractivity contribution is -0.137. The Bertz CT molecular complexity index is 1130. The maximum absolute atomic E-state index is 13.1. The molecule has 31 heavy (non-hydrogen) atoms. The summed E-state index contributed by atoms with van der Waals surface area (Å²) in [4.78, 5) is 39.8. The molecule has 12 heteroatoms. The minimum absolute atomic E-state index is 0.0600. The third kappa shape index (κ3) is 4.73. The van der Waals surface area contributed by atoms with Gasteiger partial charge < -0.3 is 20.9 Å². The molecule has 1 aromatic heterocycles. The number of anilines is 4. The Hall–Kier alpha value is -3.70. The zero-order chi connectivity index (χ0) is 23.7. The van der Waals surface area contributed by atoms with E-state index in [0.29, 0.717) is 5.69 Å². The summed E-state index contributed by atoms with van der Waals surface area (Å²) >= 11 is 0. The van der Waals surface area contributed by atoms with Gasteiger partial charge in [0, 0.05) is 28.2 Å². The molecule has 0 spiro atoms. The van der Waals surface area contributed by atoms with Crippen molar-refractivity contribution < 1.29 is 18.0 Å². The number of hydrogen-bond acceptors (Lipinski definition) is 6. The summed E-state index contributed by atoms with van der Waals surface area (Å²) < 4.78 is 41.1. The monoisotopic (exact) mass is 440 g/mol. The summed E-state index contributed by atoms with van der Waals surface area (Å²) in [5.41, 5.74) is 3.69. The second-order valence-electron chi connectivity index (χ2n) is 6.92. The number of aromatic nitrogens is 2. The number of nitrogens with zero attached hydrogens (tertiary/aromatic N) is 4. The number of amides is 1. The molecule has 0 saturated heterocycles. The lowest BCUT2D eigenvalue weighted by Gasteiger charge is -2.23. The average Bonchev–Trinajstić information content (AvgIpc) is 2.69. The van der Waals surface area contributed by atoms with Gasteiger partial charge in [-0.3, -0.25) is 18.7 Å². The van der Waals surface area contributed by atoms with Crippen LogP contribution in [-0.2, 0) is 25.1 Å². The number of alkyl halides is 3. The lowest BCUT2D eigenvalue weighted by Crippen LogP contribution is -2.43. The maximum atomic E-state index is 13.1. The predicted octanol–water partition coefficient (Wildman–Crippen LogP) is 1.34. The number of carbonyl (C=O) groups is 1. The number of nitrogens with one attached hydrogen (secondary N) is 1. The van der Waals surface area contributed by atoms with Crippen LogP contribution in [0.15, 0.2) is 40.6 Å². The van der Waals surface area contributed by atoms with Crippen molar-refractivity contribution in [3.05, 3.63) is 57.4 Å². The van der Waals surface area contributed by atoms with E-state index in [9.17, 15) is 27.6 Å². The first-order valence-corrected chi connectivity index (χ1v) is 8.92. The molecule has 0 saturated carbocycles. The van der Waals surface area contributed by atoms with Crippen LogP contribution in [-0.4, -0.2) is 35.7 Å². The van der Waals surface area contributed by atoms with Crippen LogP contribution in [0.5, 0.6) is 0 Å². The summed E-state index contributed by atoms with van der Waals surface area (Å²) in [6.45, 7) is 3.07. The zero-order valence-electron chi connectivity index (χ0n) is 17.4. The van der Waals surface area contributed by atoms with Gasteiger partial charge in [0.25, 0.3) is 5.56 Å². The largest absolute Gasteiger partial charge is 0.416 e. The van der Waals surface area contributed by atoms with Gasteiger partial charge in [0.15, 0.2) is 0 Å². The first-order valence-electron chi connectivity index (χ1n) is 8.92. The van der Waals surface area contributed by atoms with Crippen LogP contribution in [0.1, 0.15) is 5.56 Å². The van der Waals surface area contributed by atoms with Crippen molar-refractivity contribution in [3.63, 3.8) is 0 Å². The highest BCUT2D eigenvalue weighted by Gasteiger charge is 2.31. The third-order valence-corrected chi connectivity index (χ3v) is 4.59. The Balaban J connectivity index is 2.41. The van der Waals surface area contributed by atoms with Crippen molar-refractivity contribution in [2.24, 2.45) is 14.1 Å². The fourth-order valence-corrected chi connectivity index (χ4v) is 2.89. The quantitative estimate of drug-likeness (QED) is 0.703. The molecular weight excluding hydrogens is 417 g/mol. The zero-order valence-corrected chi connectivity index (χ0v) is 17.4. The Morgan fingerprint density at radius 1 is 1.23 bits per heavy atom. The number of halogens is 3. The summed E-state index contributed by atoms with van der Waals surface area (Å²) in [5, 5.41) is 2.43. The summed E-state index contributed by atoms with van der Waals surface area (Å²) in [5.74, 6) is -0.911. The Labute approximate surface area is 175 Å². The summed E-state index contributed by atoms with van der Waals surface area (Å²) in [6.07, 6.45) is -3.43. The Morgan fingerprint density at radius 3 is 2.35 bits per heavy atom. The number of benzene rings is 1. The van der Waals surface area contributed by atoms with Gasteiger partial charge in [-0.2, -0.15) is 13.2 Å². The van der Waals surface area contributed by atoms with Gasteiger partial charge in [-0.1, -0.05) is 6.58 Å². The van der Waals surface area contributed by atoms with Crippen LogP contribution in [0.4, 0.5) is 36.1 Å². The van der Waals surface area contributed by atoms with E-state index in [1.165, 1.54) is 20.2 Å². The van der Waals surface area contributed by atoms with Gasteiger partial charge in [0.05, 0.1) is 16.9 Å². The number of hydrogen-bond donors (Lipinski definition) is 2. The number of nitrogen functional groups attached to an aromatic ring is 1. The average molecular weight is 440 g/mol. The first kappa shape index (κ1) is 23.6. The standard InChI is InChI=1S/C19H23F3N6O3/c1-6-28(15-16(23)26(4)18(31)27(5)17(15)30)10-14(29)24-12-9-11(19(20,21)22)7-8-13(12)25(2)3/h6-9H,1,10,23H2,2-5H3,(H,24,29). The Kier molecular flexibility index (Phi) is 6.52. The molecule has 0 aliphatic carbocycles. The van der Waals surface area contributed by atoms with Gasteiger partial charge in [0.2, 0.25) is 5.91 Å². The lowest BCUT2D eigenvalue weighted by atomic mass is 10.1. The van der Waals surface area contributed by atoms with Crippen molar-refractivity contribution in [1.82, 2.24) is 9.13 Å². The third-order valence-electron chi connectivity index (χ3n) is 4.59. The second kappa shape index (κ2) is 8.58. The molecule has 0 atom stereocenters. The summed E-state index contributed by atoms with van der Waals surface area (Å²) in [6, 6.07) is 2.98. The predicted molar refractivity (Wildman–Crippen MR) is 113 cm³/mol. The molecule has 2 aromatic rings. The molecule has 2 rings (SSSR count). The van der Waals surface area contributed by atoms with Crippen molar-refractivity contribution >= 4 is 28.8 Å². The van der Waals surface area contributed by atoms with E-state index in [2.05, 4.69) is 11.9 Å². The van der Waals surface area contributed by atoms with E-state index in [1.807, 2.05) is 0 Å². The van der Waals surface area contributed by atoms with E-state index < -0.39 is 35.4 Å². The smallest absolute Gasteiger partial charge is 0.383 e. The molecule has 1 aromatic carbocycles. The van der Waals surface area contributed by atoms with Gasteiger partial charge in [-0.15, -0.1) is 0 Å². The van der Waals surface area contributed by atoms with Crippen molar-refractivity contribution in [2.75, 3.05) is 41.5 Å². The van der Waals surface area contributed by atoms with E-state index in [0.717, 1.165) is 32.4 Å². The minimum atomic E-state index is -4.59. The van der Waals surface area contributed by atoms with E-state index >= 15 is 0 Å². The van der Waals surface area contributed by atoms with Crippen LogP contribution in [0.3, 0.4) is 0 Å². The van der Waals surface area contributed by atoms with Gasteiger partial charge >= 0.3 is 11.9 Å². The minimum Gasteiger partial charge on any atom is -0.383 e. The van der Waals surface area contributed by atoms with Crippen molar-refractivity contribution in [2.45, 2.75) is 6.18 Å². The molecule has 0 aliphatic rings. The summed E-state index contributed by atoms with van der Waals surface area (Å²) in [7, 11) is 5.83. The molecule has 1 amide bonds. The highest BCUT2D eigenvalue weighted by molar-refractivity contribution is 5.97. The van der Waals surface area contributed by atoms with Crippen molar-refractivity contribution in [1.29, 1.82) is 0 Å². The van der Waals surface area contributed by atoms with E-state index in [4.69, 9.17) is 5.73 Å². The highest BCUT2D eigenvalue weighted by atomic mass is 19.4. The molecule has 0 radical (unpaired) electrons. The molecule has 3 N–H and O–H groups in total. The van der Waals surface area contributed by atoms with Crippen LogP contribution in [0.25, 0.3) is 0 Å². The topological polar surface area (TPSA) is 106 Å². The molecular formula is C19H23F3N6O3. The maximum Gasteiger partial charge on any atom is 0.416 e. The SMILES string of the molecule is C=CN(CC(=O)Nc1cc(C(F)(F)F)ccc1N(C)C)c1c(N)n(C)c(=O)n(C)c1=O. The van der Waals surface area contributed by atoms with Crippen LogP contribution in [0.2, 0.25) is 0 Å². The molecule has 9 nitrogen and oxygen atoms in total. The number of rotatable bonds is 6. The first-order chi connectivity index (χ1) is 14.3. The Morgan fingerprint density at radius 2 is 1.84 bits per heavy atom. The van der Waals surface area contributed by atoms with E-state index in [-0.39, 0.29) is 17.2 Å². The fourth-order valence-electron chi connectivity index (χ4n) is 2.89. The number of carbonyl (C=O) groups excluding carboxylic acids is 1. The highest BCUT2D eigenvalue weighted by Crippen LogP contribution is 2.35. The van der Waals surface area contributed by atoms with Gasteiger partial charge in [0.1, 0.15) is 18.1 Å². The molecule has 0 unspecified atom stereocenters. The van der Waals surface area contributed by atoms with E-state index in [1.54, 1.807) is 19.0 Å². The van der Waals surface area contributed by atoms with Gasteiger partial charge in [-0.05, 0) is 24.4 Å². The van der Waals surface area contributed by atoms with Crippen LogP contribution >= 0.6 is 0 Å². The molecule has 0 bridgehead atoms. The van der Waals surface area contributed by atoms with Crippen LogP contribution in [0, 0.1) is 0 Å². The second-order valence-corrected chi connectivity index (χ2v) is 6.92. The van der Waals surface area contributed by atoms with Crippen LogP contribution < -0.4 is 32.1 Å². The molecule has 0 aliphatic heterocycles. The molecule has 168 valence electrons. The number of nitrogens with two attached hydrogens (primary N) is 1. The molecule has 1 heterocycles.